The van der Waals surface area contributed by atoms with Crippen molar-refractivity contribution in [3.8, 4) is 0 Å². The van der Waals surface area contributed by atoms with E-state index in [1.807, 2.05) is 36.3 Å². The third-order valence-electron chi connectivity index (χ3n) is 6.61. The lowest BCUT2D eigenvalue weighted by Crippen LogP contribution is -2.56. The topological polar surface area (TPSA) is 78.8 Å². The highest BCUT2D eigenvalue weighted by atomic mass is 32.1. The van der Waals surface area contributed by atoms with Gasteiger partial charge in [-0.25, -0.2) is 4.98 Å². The quantitative estimate of drug-likeness (QED) is 0.815. The number of morpholine rings is 1. The molecule has 3 saturated heterocycles. The molecular weight excluding hydrogens is 388 g/mol. The minimum absolute atomic E-state index is 0.0395. The smallest absolute Gasteiger partial charge is 0.228 e. The first-order chi connectivity index (χ1) is 14.0. The van der Waals surface area contributed by atoms with Crippen LogP contribution in [0.2, 0.25) is 0 Å². The molecule has 8 heteroatoms. The van der Waals surface area contributed by atoms with Gasteiger partial charge in [0.1, 0.15) is 11.4 Å². The molecule has 0 unspecified atom stereocenters. The van der Waals surface area contributed by atoms with Crippen LogP contribution in [-0.2, 0) is 16.0 Å². The van der Waals surface area contributed by atoms with E-state index >= 15 is 0 Å². The van der Waals surface area contributed by atoms with Crippen molar-refractivity contribution >= 4 is 23.1 Å². The molecule has 5 heterocycles. The SMILES string of the molecule is Cc1cnc(C)c(N2C[C@@H]3[C@H](CO)[C@H]4CN(C(=O)Cc5cccs5)C[C@]3(C2)O4)n1. The number of nitrogens with zero attached hydrogens (tertiary/aromatic N) is 4. The van der Waals surface area contributed by atoms with Gasteiger partial charge in [-0.15, -0.1) is 11.3 Å². The van der Waals surface area contributed by atoms with Crippen LogP contribution in [0.5, 0.6) is 0 Å². The minimum atomic E-state index is -0.445. The number of thiophene rings is 1. The van der Waals surface area contributed by atoms with E-state index in [4.69, 9.17) is 9.72 Å². The second-order valence-corrected chi connectivity index (χ2v) is 9.54. The number of aliphatic hydroxyl groups excluding tert-OH is 1. The zero-order valence-electron chi connectivity index (χ0n) is 16.7. The number of aryl methyl sites for hydroxylation is 2. The third kappa shape index (κ3) is 3.14. The average Bonchev–Trinajstić information content (AvgIpc) is 3.37. The molecule has 2 aromatic rings. The van der Waals surface area contributed by atoms with E-state index in [0.717, 1.165) is 28.6 Å². The maximum atomic E-state index is 13.0. The summed E-state index contributed by atoms with van der Waals surface area (Å²) in [5.41, 5.74) is 1.33. The summed E-state index contributed by atoms with van der Waals surface area (Å²) in [6.45, 7) is 6.58. The molecule has 1 N–H and O–H groups in total. The highest BCUT2D eigenvalue weighted by Gasteiger charge is 2.63. The Morgan fingerprint density at radius 1 is 1.38 bits per heavy atom. The number of carbonyl (C=O) groups excluding carboxylic acids is 1. The second kappa shape index (κ2) is 7.04. The number of likely N-dealkylation sites (tertiary alicyclic amines) is 1. The molecule has 0 aliphatic carbocycles. The Bertz CT molecular complexity index is 921. The molecule has 2 aromatic heterocycles. The van der Waals surface area contributed by atoms with E-state index in [2.05, 4.69) is 9.88 Å². The summed E-state index contributed by atoms with van der Waals surface area (Å²) in [5, 5.41) is 12.1. The van der Waals surface area contributed by atoms with E-state index in [0.29, 0.717) is 26.1 Å². The number of hydrogen-bond donors (Lipinski definition) is 1. The van der Waals surface area contributed by atoms with Gasteiger partial charge in [0.2, 0.25) is 5.91 Å². The maximum absolute atomic E-state index is 13.0. The van der Waals surface area contributed by atoms with Crippen molar-refractivity contribution < 1.29 is 14.6 Å². The summed E-state index contributed by atoms with van der Waals surface area (Å²) >= 11 is 1.61. The van der Waals surface area contributed by atoms with Gasteiger partial charge in [0.05, 0.1) is 37.0 Å². The monoisotopic (exact) mass is 414 g/mol. The molecule has 3 fully saturated rings. The Morgan fingerprint density at radius 3 is 3.00 bits per heavy atom. The van der Waals surface area contributed by atoms with Crippen molar-refractivity contribution in [3.05, 3.63) is 40.0 Å². The summed E-state index contributed by atoms with van der Waals surface area (Å²) in [7, 11) is 0. The van der Waals surface area contributed by atoms with Crippen molar-refractivity contribution in [1.29, 1.82) is 0 Å². The molecule has 4 atom stereocenters. The normalized spacial score (nSPS) is 30.7. The molecule has 0 radical (unpaired) electrons. The zero-order valence-corrected chi connectivity index (χ0v) is 17.6. The van der Waals surface area contributed by atoms with Crippen LogP contribution in [0, 0.1) is 25.7 Å². The number of rotatable bonds is 4. The first-order valence-corrected chi connectivity index (χ1v) is 11.0. The number of aromatic nitrogens is 2. The predicted molar refractivity (Wildman–Crippen MR) is 110 cm³/mol. The van der Waals surface area contributed by atoms with Crippen LogP contribution in [0.25, 0.3) is 0 Å². The molecule has 7 nitrogen and oxygen atoms in total. The standard InChI is InChI=1S/C21H26N4O3S/c1-13-7-22-14(2)20(23-13)25-8-17-16(10-26)18-9-24(11-21(17,12-25)28-18)19(27)6-15-4-3-5-29-15/h3-5,7,16-18,26H,6,8-12H2,1-2H3/t16-,17+,18+,21+/m0/s1. The molecule has 0 aromatic carbocycles. The fourth-order valence-corrected chi connectivity index (χ4v) is 5.98. The summed E-state index contributed by atoms with van der Waals surface area (Å²) < 4.78 is 6.51. The van der Waals surface area contributed by atoms with E-state index in [1.165, 1.54) is 0 Å². The maximum Gasteiger partial charge on any atom is 0.228 e. The molecule has 2 bridgehead atoms. The Hall–Kier alpha value is -2.03. The number of aliphatic hydroxyl groups is 1. The van der Waals surface area contributed by atoms with Gasteiger partial charge in [-0.2, -0.15) is 0 Å². The Morgan fingerprint density at radius 2 is 2.24 bits per heavy atom. The molecule has 154 valence electrons. The van der Waals surface area contributed by atoms with Crippen LogP contribution in [-0.4, -0.2) is 70.4 Å². The van der Waals surface area contributed by atoms with Crippen LogP contribution < -0.4 is 4.90 Å². The summed E-state index contributed by atoms with van der Waals surface area (Å²) in [6, 6.07) is 3.98. The predicted octanol–water partition coefficient (Wildman–Crippen LogP) is 1.42. The molecule has 1 amide bonds. The fraction of sp³-hybridized carbons (Fsp3) is 0.571. The van der Waals surface area contributed by atoms with Crippen LogP contribution in [0.15, 0.2) is 23.7 Å². The van der Waals surface area contributed by atoms with Crippen molar-refractivity contribution in [2.45, 2.75) is 32.0 Å². The van der Waals surface area contributed by atoms with Crippen LogP contribution in [0.4, 0.5) is 5.82 Å². The van der Waals surface area contributed by atoms with Crippen molar-refractivity contribution in [1.82, 2.24) is 14.9 Å². The number of fused-ring (bicyclic) bond motifs is 1. The number of hydrogen-bond acceptors (Lipinski definition) is 7. The number of carbonyl (C=O) groups is 1. The van der Waals surface area contributed by atoms with Crippen LogP contribution in [0.1, 0.15) is 16.3 Å². The van der Waals surface area contributed by atoms with E-state index in [1.54, 1.807) is 17.5 Å². The lowest BCUT2D eigenvalue weighted by Gasteiger charge is -2.40. The van der Waals surface area contributed by atoms with Crippen LogP contribution in [0.3, 0.4) is 0 Å². The van der Waals surface area contributed by atoms with Gasteiger partial charge in [-0.1, -0.05) is 6.07 Å². The first kappa shape index (κ1) is 19.0. The Balaban J connectivity index is 1.41. The van der Waals surface area contributed by atoms with Crippen LogP contribution >= 0.6 is 11.3 Å². The molecule has 1 spiro atoms. The first-order valence-electron chi connectivity index (χ1n) is 10.1. The van der Waals surface area contributed by atoms with Gasteiger partial charge in [-0.05, 0) is 25.3 Å². The average molecular weight is 415 g/mol. The van der Waals surface area contributed by atoms with Gasteiger partial charge in [-0.3, -0.25) is 9.78 Å². The number of amides is 1. The van der Waals surface area contributed by atoms with Gasteiger partial charge >= 0.3 is 0 Å². The van der Waals surface area contributed by atoms with Gasteiger partial charge in [0.25, 0.3) is 0 Å². The van der Waals surface area contributed by atoms with Crippen molar-refractivity contribution in [2.75, 3.05) is 37.7 Å². The molecule has 29 heavy (non-hydrogen) atoms. The summed E-state index contributed by atoms with van der Waals surface area (Å²) in [5.74, 6) is 1.24. The summed E-state index contributed by atoms with van der Waals surface area (Å²) in [4.78, 5) is 27.4. The van der Waals surface area contributed by atoms with E-state index in [9.17, 15) is 9.90 Å². The van der Waals surface area contributed by atoms with Crippen molar-refractivity contribution in [3.63, 3.8) is 0 Å². The lowest BCUT2D eigenvalue weighted by molar-refractivity contribution is -0.151. The zero-order chi connectivity index (χ0) is 20.2. The highest BCUT2D eigenvalue weighted by Crippen LogP contribution is 2.50. The van der Waals surface area contributed by atoms with Gasteiger partial charge < -0.3 is 19.6 Å². The third-order valence-corrected chi connectivity index (χ3v) is 7.49. The molecule has 0 saturated carbocycles. The Kier molecular flexibility index (Phi) is 4.60. The van der Waals surface area contributed by atoms with E-state index < -0.39 is 5.60 Å². The molecule has 3 aliphatic rings. The minimum Gasteiger partial charge on any atom is -0.396 e. The largest absolute Gasteiger partial charge is 0.396 e. The highest BCUT2D eigenvalue weighted by molar-refractivity contribution is 7.10. The lowest BCUT2D eigenvalue weighted by atomic mass is 9.83. The number of ether oxygens (including phenoxy) is 1. The fourth-order valence-electron chi connectivity index (χ4n) is 5.28. The molecular formula is C21H26N4O3S. The molecule has 3 aliphatic heterocycles. The Labute approximate surface area is 174 Å². The molecule has 5 rings (SSSR count). The van der Waals surface area contributed by atoms with E-state index in [-0.39, 0.29) is 30.5 Å². The second-order valence-electron chi connectivity index (χ2n) is 8.51. The van der Waals surface area contributed by atoms with Gasteiger partial charge in [0.15, 0.2) is 0 Å². The summed E-state index contributed by atoms with van der Waals surface area (Å²) in [6.07, 6.45) is 2.11. The van der Waals surface area contributed by atoms with Gasteiger partial charge in [0, 0.05) is 42.6 Å². The number of anilines is 1. The van der Waals surface area contributed by atoms with Crippen molar-refractivity contribution in [2.24, 2.45) is 11.8 Å².